The maximum atomic E-state index is 14.1. The minimum atomic E-state index is -0.429. The second-order valence-electron chi connectivity index (χ2n) is 5.22. The predicted molar refractivity (Wildman–Crippen MR) is 89.4 cm³/mol. The molecule has 122 valence electrons. The molecule has 0 spiro atoms. The molecule has 24 heavy (non-hydrogen) atoms. The zero-order valence-electron chi connectivity index (χ0n) is 12.7. The van der Waals surface area contributed by atoms with Crippen molar-refractivity contribution in [1.29, 1.82) is 0 Å². The van der Waals surface area contributed by atoms with E-state index in [1.54, 1.807) is 6.20 Å². The number of ether oxygens (including phenoxy) is 1. The van der Waals surface area contributed by atoms with Crippen LogP contribution < -0.4 is 4.90 Å². The van der Waals surface area contributed by atoms with Crippen LogP contribution in [-0.2, 0) is 4.74 Å². The second kappa shape index (κ2) is 6.58. The lowest BCUT2D eigenvalue weighted by molar-refractivity contribution is 0.122. The van der Waals surface area contributed by atoms with E-state index in [9.17, 15) is 4.39 Å². The Labute approximate surface area is 142 Å². The lowest BCUT2D eigenvalue weighted by Crippen LogP contribution is -2.37. The average molecular weight is 343 g/mol. The van der Waals surface area contributed by atoms with Crippen LogP contribution >= 0.6 is 11.3 Å². The topological polar surface area (TPSA) is 64.0 Å². The first kappa shape index (κ1) is 15.1. The van der Waals surface area contributed by atoms with Crippen LogP contribution in [0.3, 0.4) is 0 Å². The summed E-state index contributed by atoms with van der Waals surface area (Å²) in [7, 11) is 0. The molecular formula is C16H14FN5OS. The van der Waals surface area contributed by atoms with Gasteiger partial charge in [0.15, 0.2) is 22.5 Å². The summed E-state index contributed by atoms with van der Waals surface area (Å²) in [5.41, 5.74) is 1.55. The number of aromatic nitrogens is 4. The second-order valence-corrected chi connectivity index (χ2v) is 6.08. The molecule has 1 aliphatic rings. The summed E-state index contributed by atoms with van der Waals surface area (Å²) in [5.74, 6) is 0.296. The van der Waals surface area contributed by atoms with Crippen molar-refractivity contribution in [3.05, 3.63) is 41.8 Å². The molecule has 0 aliphatic carbocycles. The summed E-state index contributed by atoms with van der Waals surface area (Å²) in [4.78, 5) is 19.2. The van der Waals surface area contributed by atoms with E-state index in [1.165, 1.54) is 17.5 Å². The van der Waals surface area contributed by atoms with Gasteiger partial charge in [-0.2, -0.15) is 0 Å². The smallest absolute Gasteiger partial charge is 0.190 e. The Bertz CT molecular complexity index is 835. The van der Waals surface area contributed by atoms with Crippen LogP contribution in [0, 0.1) is 5.82 Å². The number of hydrogen-bond acceptors (Lipinski definition) is 7. The highest BCUT2D eigenvalue weighted by atomic mass is 32.1. The Morgan fingerprint density at radius 2 is 1.96 bits per heavy atom. The van der Waals surface area contributed by atoms with Crippen molar-refractivity contribution in [2.75, 3.05) is 31.2 Å². The summed E-state index contributed by atoms with van der Waals surface area (Å²) < 4.78 is 19.4. The van der Waals surface area contributed by atoms with Crippen molar-refractivity contribution < 1.29 is 9.13 Å². The highest BCUT2D eigenvalue weighted by Gasteiger charge is 2.19. The lowest BCUT2D eigenvalue weighted by atomic mass is 10.3. The van der Waals surface area contributed by atoms with E-state index in [2.05, 4.69) is 19.9 Å². The van der Waals surface area contributed by atoms with E-state index in [0.717, 1.165) is 11.4 Å². The first-order valence-corrected chi connectivity index (χ1v) is 8.42. The Kier molecular flexibility index (Phi) is 4.14. The van der Waals surface area contributed by atoms with E-state index < -0.39 is 5.82 Å². The zero-order valence-corrected chi connectivity index (χ0v) is 13.5. The normalized spacial score (nSPS) is 14.8. The van der Waals surface area contributed by atoms with Gasteiger partial charge >= 0.3 is 0 Å². The number of hydrogen-bond donors (Lipinski definition) is 0. The summed E-state index contributed by atoms with van der Waals surface area (Å²) in [6, 6.07) is 5.66. The van der Waals surface area contributed by atoms with Gasteiger partial charge in [-0.15, -0.1) is 11.3 Å². The third-order valence-corrected chi connectivity index (χ3v) is 4.50. The molecule has 1 fully saturated rings. The van der Waals surface area contributed by atoms with Crippen molar-refractivity contribution in [2.45, 2.75) is 0 Å². The van der Waals surface area contributed by atoms with Crippen molar-refractivity contribution in [3.8, 4) is 22.2 Å². The van der Waals surface area contributed by atoms with Crippen LogP contribution in [0.5, 0.6) is 0 Å². The van der Waals surface area contributed by atoms with Crippen LogP contribution in [0.4, 0.5) is 10.2 Å². The monoisotopic (exact) mass is 343 g/mol. The van der Waals surface area contributed by atoms with Gasteiger partial charge in [-0.05, 0) is 12.1 Å². The van der Waals surface area contributed by atoms with Crippen molar-refractivity contribution in [2.24, 2.45) is 0 Å². The molecule has 0 aromatic carbocycles. The Morgan fingerprint density at radius 3 is 2.75 bits per heavy atom. The molecule has 3 aromatic rings. The highest BCUT2D eigenvalue weighted by molar-refractivity contribution is 7.13. The Balaban J connectivity index is 1.66. The predicted octanol–water partition coefficient (Wildman–Crippen LogP) is 2.64. The molecular weight excluding hydrogens is 329 g/mol. The summed E-state index contributed by atoms with van der Waals surface area (Å²) in [6.07, 6.45) is 2.92. The first-order chi connectivity index (χ1) is 11.8. The molecule has 0 atom stereocenters. The molecule has 6 nitrogen and oxygen atoms in total. The fraction of sp³-hybridized carbons (Fsp3) is 0.250. The van der Waals surface area contributed by atoms with Crippen LogP contribution in [0.2, 0.25) is 0 Å². The summed E-state index contributed by atoms with van der Waals surface area (Å²) in [5, 5.41) is 2.55. The summed E-state index contributed by atoms with van der Waals surface area (Å²) >= 11 is 1.42. The molecule has 1 saturated heterocycles. The Hall–Kier alpha value is -2.45. The van der Waals surface area contributed by atoms with Gasteiger partial charge in [0.05, 0.1) is 25.1 Å². The van der Waals surface area contributed by atoms with Crippen molar-refractivity contribution in [1.82, 2.24) is 19.9 Å². The number of rotatable bonds is 3. The molecule has 0 N–H and O–H groups in total. The molecule has 4 rings (SSSR count). The van der Waals surface area contributed by atoms with E-state index in [0.29, 0.717) is 43.0 Å². The molecule has 0 amide bonds. The number of nitrogens with zero attached hydrogens (tertiary/aromatic N) is 5. The molecule has 0 bridgehead atoms. The quantitative estimate of drug-likeness (QED) is 0.728. The van der Waals surface area contributed by atoms with E-state index in [1.807, 2.05) is 28.5 Å². The van der Waals surface area contributed by atoms with Crippen molar-refractivity contribution >= 4 is 17.2 Å². The van der Waals surface area contributed by atoms with Gasteiger partial charge in [-0.1, -0.05) is 6.07 Å². The number of pyridine rings is 1. The molecule has 3 aromatic heterocycles. The van der Waals surface area contributed by atoms with Gasteiger partial charge in [0.2, 0.25) is 0 Å². The third kappa shape index (κ3) is 2.98. The zero-order chi connectivity index (χ0) is 16.4. The number of thiazole rings is 1. The van der Waals surface area contributed by atoms with Gasteiger partial charge in [0.1, 0.15) is 5.69 Å². The van der Waals surface area contributed by atoms with Crippen LogP contribution in [0.25, 0.3) is 22.2 Å². The summed E-state index contributed by atoms with van der Waals surface area (Å²) in [6.45, 7) is 2.37. The van der Waals surface area contributed by atoms with Gasteiger partial charge in [-0.25, -0.2) is 19.3 Å². The fourth-order valence-corrected chi connectivity index (χ4v) is 3.22. The van der Waals surface area contributed by atoms with Crippen LogP contribution in [0.15, 0.2) is 36.0 Å². The van der Waals surface area contributed by atoms with Crippen LogP contribution in [0.1, 0.15) is 0 Å². The van der Waals surface area contributed by atoms with Crippen molar-refractivity contribution in [3.63, 3.8) is 0 Å². The van der Waals surface area contributed by atoms with E-state index in [4.69, 9.17) is 4.74 Å². The minimum absolute atomic E-state index is 0.304. The highest BCUT2D eigenvalue weighted by Crippen LogP contribution is 2.27. The van der Waals surface area contributed by atoms with Gasteiger partial charge in [0, 0.05) is 24.7 Å². The molecule has 8 heteroatoms. The molecule has 1 aliphatic heterocycles. The molecule has 0 saturated carbocycles. The largest absolute Gasteiger partial charge is 0.378 e. The molecule has 0 unspecified atom stereocenters. The maximum Gasteiger partial charge on any atom is 0.190 e. The minimum Gasteiger partial charge on any atom is -0.378 e. The maximum absolute atomic E-state index is 14.1. The van der Waals surface area contributed by atoms with E-state index in [-0.39, 0.29) is 0 Å². The number of halogens is 1. The Morgan fingerprint density at radius 1 is 1.08 bits per heavy atom. The fourth-order valence-electron chi connectivity index (χ4n) is 2.47. The van der Waals surface area contributed by atoms with E-state index >= 15 is 0 Å². The number of anilines is 1. The molecule has 4 heterocycles. The third-order valence-electron chi connectivity index (χ3n) is 3.66. The van der Waals surface area contributed by atoms with Gasteiger partial charge in [0.25, 0.3) is 0 Å². The standard InChI is InChI=1S/C16H14FN5OS/c17-11-9-19-14(21-15(11)22-5-7-23-8-6-22)16-20-13(10-24-16)12-3-1-2-4-18-12/h1-4,9-10H,5-8H2. The molecule has 0 radical (unpaired) electrons. The first-order valence-electron chi connectivity index (χ1n) is 7.54. The number of morpholine rings is 1. The lowest BCUT2D eigenvalue weighted by Gasteiger charge is -2.27. The SMILES string of the molecule is Fc1cnc(-c2nc(-c3ccccn3)cs2)nc1N1CCOCC1. The van der Waals surface area contributed by atoms with Gasteiger partial charge in [-0.3, -0.25) is 4.98 Å². The average Bonchev–Trinajstić information content (AvgIpc) is 3.14. The van der Waals surface area contributed by atoms with Gasteiger partial charge < -0.3 is 9.64 Å². The van der Waals surface area contributed by atoms with Crippen LogP contribution in [-0.4, -0.2) is 46.2 Å².